The maximum Gasteiger partial charge on any atom is 0.458 e. The van der Waals surface area contributed by atoms with Gasteiger partial charge in [-0.3, -0.25) is 0 Å². The number of pyridine rings is 2. The Labute approximate surface area is 205 Å². The summed E-state index contributed by atoms with van der Waals surface area (Å²) >= 11 is 0. The number of hydrogen-bond donors (Lipinski definition) is 0. The summed E-state index contributed by atoms with van der Waals surface area (Å²) in [5, 5.41) is 17.0. The van der Waals surface area contributed by atoms with Crippen LogP contribution in [-0.4, -0.2) is 45.0 Å². The number of sulfone groups is 1. The predicted octanol–water partition coefficient (Wildman–Crippen LogP) is 3.64. The van der Waals surface area contributed by atoms with Gasteiger partial charge in [0.2, 0.25) is 17.5 Å². The molecule has 1 saturated carbocycles. The van der Waals surface area contributed by atoms with Gasteiger partial charge in [-0.05, 0) is 25.0 Å². The standard InChI is InChI=1S/C21H17F5N6O4S/c1-3-37(34,35)14-6-11(16-29-19(36-30-16)10-4-5-10)9-32(33)15(14)18-28-13-7-12(8-27-17(13)31(18)2)20(22,23)21(24,25)26/h6-10H,3-5H2,1-2H3. The van der Waals surface area contributed by atoms with Crippen LogP contribution in [-0.2, 0) is 22.8 Å². The molecule has 1 aliphatic carbocycles. The zero-order chi connectivity index (χ0) is 26.9. The fourth-order valence-corrected chi connectivity index (χ4v) is 4.84. The van der Waals surface area contributed by atoms with E-state index in [4.69, 9.17) is 4.52 Å². The van der Waals surface area contributed by atoms with Crippen LogP contribution in [0.15, 0.2) is 33.9 Å². The predicted molar refractivity (Wildman–Crippen MR) is 116 cm³/mol. The maximum absolute atomic E-state index is 13.9. The largest absolute Gasteiger partial charge is 0.618 e. The van der Waals surface area contributed by atoms with Crippen LogP contribution >= 0.6 is 0 Å². The molecule has 16 heteroatoms. The monoisotopic (exact) mass is 544 g/mol. The van der Waals surface area contributed by atoms with Crippen molar-refractivity contribution in [3.63, 3.8) is 0 Å². The molecule has 0 aromatic carbocycles. The minimum absolute atomic E-state index is 0.00343. The summed E-state index contributed by atoms with van der Waals surface area (Å²) in [6, 6.07) is 1.66. The van der Waals surface area contributed by atoms with E-state index in [1.54, 1.807) is 0 Å². The van der Waals surface area contributed by atoms with Crippen LogP contribution in [0.2, 0.25) is 0 Å². The summed E-state index contributed by atoms with van der Waals surface area (Å²) in [5.74, 6) is -5.45. The van der Waals surface area contributed by atoms with Crippen LogP contribution in [0.3, 0.4) is 0 Å². The van der Waals surface area contributed by atoms with Gasteiger partial charge in [-0.25, -0.2) is 18.4 Å². The van der Waals surface area contributed by atoms with E-state index in [2.05, 4.69) is 20.1 Å². The Kier molecular flexibility index (Phi) is 5.51. The molecule has 4 aromatic heterocycles. The molecule has 1 fully saturated rings. The van der Waals surface area contributed by atoms with E-state index in [-0.39, 0.29) is 33.5 Å². The second-order valence-electron chi connectivity index (χ2n) is 8.53. The number of hydrogen-bond acceptors (Lipinski definition) is 8. The fourth-order valence-electron chi connectivity index (χ4n) is 3.74. The van der Waals surface area contributed by atoms with Crippen molar-refractivity contribution in [1.82, 2.24) is 24.7 Å². The summed E-state index contributed by atoms with van der Waals surface area (Å²) < 4.78 is 98.7. The van der Waals surface area contributed by atoms with Gasteiger partial charge in [0.15, 0.2) is 21.7 Å². The first-order valence-electron chi connectivity index (χ1n) is 10.9. The van der Waals surface area contributed by atoms with Gasteiger partial charge in [0, 0.05) is 19.2 Å². The van der Waals surface area contributed by atoms with E-state index in [0.717, 1.165) is 23.6 Å². The van der Waals surface area contributed by atoms with Crippen LogP contribution < -0.4 is 4.73 Å². The Morgan fingerprint density at radius 1 is 1.19 bits per heavy atom. The molecular formula is C21H17F5N6O4S. The number of halogens is 5. The van der Waals surface area contributed by atoms with Gasteiger partial charge in [-0.1, -0.05) is 12.1 Å². The second kappa shape index (κ2) is 8.16. The first kappa shape index (κ1) is 25.0. The Balaban J connectivity index is 1.69. The lowest BCUT2D eigenvalue weighted by Crippen LogP contribution is -2.33. The molecule has 1 aliphatic rings. The van der Waals surface area contributed by atoms with Crippen molar-refractivity contribution in [1.29, 1.82) is 0 Å². The van der Waals surface area contributed by atoms with Crippen molar-refractivity contribution < 1.29 is 39.6 Å². The minimum Gasteiger partial charge on any atom is -0.618 e. The van der Waals surface area contributed by atoms with Crippen LogP contribution in [0, 0.1) is 5.21 Å². The van der Waals surface area contributed by atoms with E-state index in [9.17, 15) is 35.6 Å². The third-order valence-corrected chi connectivity index (χ3v) is 7.72. The lowest BCUT2D eigenvalue weighted by Gasteiger charge is -2.19. The van der Waals surface area contributed by atoms with Crippen molar-refractivity contribution in [3.05, 3.63) is 41.2 Å². The number of aryl methyl sites for hydroxylation is 1. The van der Waals surface area contributed by atoms with Gasteiger partial charge in [-0.15, -0.1) is 0 Å². The molecule has 5 rings (SSSR count). The first-order valence-corrected chi connectivity index (χ1v) is 12.5. The van der Waals surface area contributed by atoms with E-state index >= 15 is 0 Å². The Bertz CT molecular complexity index is 1640. The second-order valence-corrected chi connectivity index (χ2v) is 10.8. The Morgan fingerprint density at radius 3 is 2.51 bits per heavy atom. The van der Waals surface area contributed by atoms with E-state index in [1.165, 1.54) is 20.0 Å². The highest BCUT2D eigenvalue weighted by Gasteiger charge is 2.59. The molecule has 0 unspecified atom stereocenters. The van der Waals surface area contributed by atoms with Crippen LogP contribution in [0.5, 0.6) is 0 Å². The lowest BCUT2D eigenvalue weighted by atomic mass is 10.1. The number of nitrogens with zero attached hydrogens (tertiary/aromatic N) is 6. The number of rotatable bonds is 6. The lowest BCUT2D eigenvalue weighted by molar-refractivity contribution is -0.595. The van der Waals surface area contributed by atoms with Gasteiger partial charge in [0.1, 0.15) is 10.4 Å². The third-order valence-electron chi connectivity index (χ3n) is 5.98. The van der Waals surface area contributed by atoms with E-state index in [0.29, 0.717) is 18.2 Å². The van der Waals surface area contributed by atoms with Gasteiger partial charge in [-0.2, -0.15) is 31.7 Å². The normalized spacial score (nSPS) is 15.0. The molecular weight excluding hydrogens is 527 g/mol. The Morgan fingerprint density at radius 2 is 1.89 bits per heavy atom. The SMILES string of the molecule is CCS(=O)(=O)c1cc(-c2noc(C3CC3)n2)c[n+]([O-])c1-c1nc2cc(C(F)(F)C(F)(F)F)cnc2n1C. The fraction of sp³-hybridized carbons (Fsp3) is 0.381. The Hall–Kier alpha value is -3.69. The smallest absolute Gasteiger partial charge is 0.458 e. The molecule has 10 nitrogen and oxygen atoms in total. The van der Waals surface area contributed by atoms with Gasteiger partial charge < -0.3 is 14.3 Å². The highest BCUT2D eigenvalue weighted by Crippen LogP contribution is 2.44. The zero-order valence-electron chi connectivity index (χ0n) is 19.1. The van der Waals surface area contributed by atoms with E-state index < -0.39 is 49.4 Å². The van der Waals surface area contributed by atoms with Crippen LogP contribution in [0.25, 0.3) is 34.1 Å². The van der Waals surface area contributed by atoms with Gasteiger partial charge >= 0.3 is 12.1 Å². The molecule has 37 heavy (non-hydrogen) atoms. The van der Waals surface area contributed by atoms with Crippen molar-refractivity contribution >= 4 is 21.0 Å². The number of aromatic nitrogens is 6. The highest BCUT2D eigenvalue weighted by atomic mass is 32.2. The summed E-state index contributed by atoms with van der Waals surface area (Å²) in [4.78, 5) is 11.4. The topological polar surface area (TPSA) is 131 Å². The molecule has 0 spiro atoms. The summed E-state index contributed by atoms with van der Waals surface area (Å²) in [5.41, 5.74) is -2.41. The molecule has 0 saturated heterocycles. The average molecular weight is 544 g/mol. The summed E-state index contributed by atoms with van der Waals surface area (Å²) in [6.07, 6.45) is -2.77. The van der Waals surface area contributed by atoms with E-state index in [1.807, 2.05) is 0 Å². The van der Waals surface area contributed by atoms with Gasteiger partial charge in [0.05, 0.1) is 16.9 Å². The number of imidazole rings is 1. The molecule has 0 N–H and O–H groups in total. The van der Waals surface area contributed by atoms with Crippen molar-refractivity contribution in [2.75, 3.05) is 5.75 Å². The molecule has 0 bridgehead atoms. The van der Waals surface area contributed by atoms with Crippen molar-refractivity contribution in [3.8, 4) is 22.9 Å². The number of fused-ring (bicyclic) bond motifs is 1. The molecule has 0 radical (unpaired) electrons. The van der Waals surface area contributed by atoms with Crippen molar-refractivity contribution in [2.45, 2.75) is 42.7 Å². The summed E-state index contributed by atoms with van der Waals surface area (Å²) in [6.45, 7) is 1.35. The zero-order valence-corrected chi connectivity index (χ0v) is 19.9. The number of alkyl halides is 5. The van der Waals surface area contributed by atoms with Crippen molar-refractivity contribution in [2.24, 2.45) is 7.05 Å². The summed E-state index contributed by atoms with van der Waals surface area (Å²) in [7, 11) is -2.77. The maximum atomic E-state index is 13.9. The average Bonchev–Trinajstić information content (AvgIpc) is 3.47. The molecule has 0 atom stereocenters. The quantitative estimate of drug-likeness (QED) is 0.204. The first-order chi connectivity index (χ1) is 17.2. The molecule has 196 valence electrons. The van der Waals surface area contributed by atoms with Gasteiger partial charge in [0.25, 0.3) is 5.69 Å². The minimum atomic E-state index is -5.87. The molecule has 0 aliphatic heterocycles. The molecule has 4 heterocycles. The van der Waals surface area contributed by atoms with Crippen LogP contribution in [0.4, 0.5) is 22.0 Å². The highest BCUT2D eigenvalue weighted by molar-refractivity contribution is 7.91. The van der Waals surface area contributed by atoms with Crippen LogP contribution in [0.1, 0.15) is 37.1 Å². The third kappa shape index (κ3) is 4.08. The molecule has 4 aromatic rings. The molecule has 0 amide bonds.